The number of hydrogen-bond donors (Lipinski definition) is 0. The van der Waals surface area contributed by atoms with Gasteiger partial charge < -0.3 is 9.47 Å². The van der Waals surface area contributed by atoms with Crippen molar-refractivity contribution in [1.82, 2.24) is 0 Å². The van der Waals surface area contributed by atoms with E-state index in [1.54, 1.807) is 31.2 Å². The Bertz CT molecular complexity index is 737. The van der Waals surface area contributed by atoms with E-state index in [1.165, 1.54) is 20.3 Å². The van der Waals surface area contributed by atoms with E-state index in [9.17, 15) is 9.59 Å². The fraction of sp³-hybridized carbons (Fsp3) is 0.176. The molecule has 0 saturated carbocycles. The zero-order chi connectivity index (χ0) is 16.3. The molecule has 22 heavy (non-hydrogen) atoms. The van der Waals surface area contributed by atoms with Gasteiger partial charge in [0.25, 0.3) is 0 Å². The summed E-state index contributed by atoms with van der Waals surface area (Å²) in [5.41, 5.74) is 2.58. The molecule has 0 bridgehead atoms. The molecule has 0 amide bonds. The van der Waals surface area contributed by atoms with Crippen molar-refractivity contribution in [2.24, 2.45) is 0 Å². The maximum absolute atomic E-state index is 12.1. The van der Waals surface area contributed by atoms with Gasteiger partial charge in [-0.3, -0.25) is 0 Å². The number of hydrogen-bond acceptors (Lipinski definition) is 4. The quantitative estimate of drug-likeness (QED) is 0.806. The summed E-state index contributed by atoms with van der Waals surface area (Å²) in [6, 6.07) is 10.4. The van der Waals surface area contributed by atoms with Crippen LogP contribution in [0.15, 0.2) is 36.4 Å². The SMILES string of the molecule is COC(=O)c1cc(C(=O)OC)c(-c2ccccc2Cl)cc1C. The molecule has 2 aromatic rings. The Morgan fingerprint density at radius 1 is 0.909 bits per heavy atom. The highest BCUT2D eigenvalue weighted by Crippen LogP contribution is 2.33. The van der Waals surface area contributed by atoms with Crippen molar-refractivity contribution < 1.29 is 19.1 Å². The van der Waals surface area contributed by atoms with Crippen LogP contribution < -0.4 is 0 Å². The van der Waals surface area contributed by atoms with E-state index in [0.29, 0.717) is 27.3 Å². The van der Waals surface area contributed by atoms with E-state index in [0.717, 1.165) is 0 Å². The Morgan fingerprint density at radius 3 is 2.09 bits per heavy atom. The third kappa shape index (κ3) is 2.97. The molecule has 0 fully saturated rings. The Hall–Kier alpha value is -2.33. The molecular formula is C17H15ClO4. The Labute approximate surface area is 133 Å². The van der Waals surface area contributed by atoms with Crippen LogP contribution in [0.5, 0.6) is 0 Å². The standard InChI is InChI=1S/C17H15ClO4/c1-10-8-13(11-6-4-5-7-15(11)18)14(17(20)22-3)9-12(10)16(19)21-2/h4-9H,1-3H3. The maximum atomic E-state index is 12.1. The maximum Gasteiger partial charge on any atom is 0.338 e. The average molecular weight is 319 g/mol. The summed E-state index contributed by atoms with van der Waals surface area (Å²) in [5, 5.41) is 0.512. The van der Waals surface area contributed by atoms with E-state index in [2.05, 4.69) is 0 Å². The lowest BCUT2D eigenvalue weighted by Crippen LogP contribution is -2.10. The van der Waals surface area contributed by atoms with Crippen molar-refractivity contribution in [2.45, 2.75) is 6.92 Å². The number of esters is 2. The lowest BCUT2D eigenvalue weighted by molar-refractivity contribution is 0.0599. The minimum Gasteiger partial charge on any atom is -0.465 e. The van der Waals surface area contributed by atoms with Gasteiger partial charge in [-0.15, -0.1) is 0 Å². The zero-order valence-corrected chi connectivity index (χ0v) is 13.2. The number of methoxy groups -OCH3 is 2. The molecule has 0 aliphatic carbocycles. The number of halogens is 1. The average Bonchev–Trinajstić information content (AvgIpc) is 2.53. The molecule has 5 heteroatoms. The van der Waals surface area contributed by atoms with Gasteiger partial charge in [-0.2, -0.15) is 0 Å². The van der Waals surface area contributed by atoms with Crippen molar-refractivity contribution in [3.63, 3.8) is 0 Å². The molecule has 0 N–H and O–H groups in total. The van der Waals surface area contributed by atoms with Crippen molar-refractivity contribution in [2.75, 3.05) is 14.2 Å². The second kappa shape index (κ2) is 6.62. The lowest BCUT2D eigenvalue weighted by atomic mass is 9.94. The van der Waals surface area contributed by atoms with Crippen LogP contribution in [-0.4, -0.2) is 26.2 Å². The second-order valence-corrected chi connectivity index (χ2v) is 5.08. The Morgan fingerprint density at radius 2 is 1.50 bits per heavy atom. The normalized spacial score (nSPS) is 10.2. The van der Waals surface area contributed by atoms with Crippen molar-refractivity contribution in [3.05, 3.63) is 58.1 Å². The minimum absolute atomic E-state index is 0.265. The van der Waals surface area contributed by atoms with E-state index < -0.39 is 11.9 Å². The highest BCUT2D eigenvalue weighted by Gasteiger charge is 2.20. The van der Waals surface area contributed by atoms with Crippen molar-refractivity contribution in [1.29, 1.82) is 0 Å². The molecule has 0 aromatic heterocycles. The molecule has 2 aromatic carbocycles. The smallest absolute Gasteiger partial charge is 0.338 e. The molecule has 0 atom stereocenters. The number of carbonyl (C=O) groups excluding carboxylic acids is 2. The Kier molecular flexibility index (Phi) is 4.83. The van der Waals surface area contributed by atoms with Gasteiger partial charge in [0.05, 0.1) is 25.3 Å². The monoisotopic (exact) mass is 318 g/mol. The summed E-state index contributed by atoms with van der Waals surface area (Å²) in [7, 11) is 2.58. The largest absolute Gasteiger partial charge is 0.465 e. The number of aryl methyl sites for hydroxylation is 1. The summed E-state index contributed by atoms with van der Waals surface area (Å²) < 4.78 is 9.55. The van der Waals surface area contributed by atoms with Crippen LogP contribution in [0.25, 0.3) is 11.1 Å². The van der Waals surface area contributed by atoms with Gasteiger partial charge in [0.1, 0.15) is 0 Å². The number of ether oxygens (including phenoxy) is 2. The van der Waals surface area contributed by atoms with Gasteiger partial charge in [-0.25, -0.2) is 9.59 Å². The van der Waals surface area contributed by atoms with Crippen LogP contribution in [0, 0.1) is 6.92 Å². The first-order chi connectivity index (χ1) is 10.5. The topological polar surface area (TPSA) is 52.6 Å². The van der Waals surface area contributed by atoms with Gasteiger partial charge in [-0.05, 0) is 36.2 Å². The Balaban J connectivity index is 2.73. The fourth-order valence-electron chi connectivity index (χ4n) is 2.22. The number of rotatable bonds is 3. The summed E-state index contributed by atoms with van der Waals surface area (Å²) >= 11 is 6.22. The van der Waals surface area contributed by atoms with Crippen LogP contribution in [-0.2, 0) is 9.47 Å². The minimum atomic E-state index is -0.542. The predicted molar refractivity (Wildman–Crippen MR) is 84.3 cm³/mol. The third-order valence-electron chi connectivity index (χ3n) is 3.34. The first kappa shape index (κ1) is 16.0. The van der Waals surface area contributed by atoms with Crippen LogP contribution in [0.2, 0.25) is 5.02 Å². The molecule has 0 heterocycles. The van der Waals surface area contributed by atoms with Crippen LogP contribution >= 0.6 is 11.6 Å². The van der Waals surface area contributed by atoms with E-state index in [-0.39, 0.29) is 5.56 Å². The van der Waals surface area contributed by atoms with Crippen molar-refractivity contribution in [3.8, 4) is 11.1 Å². The van der Waals surface area contributed by atoms with E-state index >= 15 is 0 Å². The van der Waals surface area contributed by atoms with Crippen molar-refractivity contribution >= 4 is 23.5 Å². The molecule has 114 valence electrons. The molecule has 0 unspecified atom stereocenters. The molecule has 0 aliphatic rings. The van der Waals surface area contributed by atoms with Gasteiger partial charge >= 0.3 is 11.9 Å². The van der Waals surface area contributed by atoms with Gasteiger partial charge in [0.15, 0.2) is 0 Å². The summed E-state index contributed by atoms with van der Waals surface area (Å²) in [6.07, 6.45) is 0. The molecule has 0 aliphatic heterocycles. The van der Waals surface area contributed by atoms with Gasteiger partial charge in [0.2, 0.25) is 0 Å². The molecule has 0 radical (unpaired) electrons. The fourth-order valence-corrected chi connectivity index (χ4v) is 2.46. The first-order valence-corrected chi connectivity index (χ1v) is 6.93. The molecule has 2 rings (SSSR count). The third-order valence-corrected chi connectivity index (χ3v) is 3.67. The molecule has 4 nitrogen and oxygen atoms in total. The number of carbonyl (C=O) groups is 2. The number of benzene rings is 2. The molecule has 0 saturated heterocycles. The molecular weight excluding hydrogens is 304 g/mol. The van der Waals surface area contributed by atoms with Crippen LogP contribution in [0.1, 0.15) is 26.3 Å². The molecule has 0 spiro atoms. The summed E-state index contributed by atoms with van der Waals surface area (Å²) in [5.74, 6) is -1.05. The van der Waals surface area contributed by atoms with Gasteiger partial charge in [-0.1, -0.05) is 29.8 Å². The summed E-state index contributed by atoms with van der Waals surface area (Å²) in [4.78, 5) is 23.9. The zero-order valence-electron chi connectivity index (χ0n) is 12.5. The van der Waals surface area contributed by atoms with Crippen LogP contribution in [0.4, 0.5) is 0 Å². The van der Waals surface area contributed by atoms with Crippen LogP contribution in [0.3, 0.4) is 0 Å². The predicted octanol–water partition coefficient (Wildman–Crippen LogP) is 3.89. The summed E-state index contributed by atoms with van der Waals surface area (Å²) in [6.45, 7) is 1.77. The lowest BCUT2D eigenvalue weighted by Gasteiger charge is -2.13. The van der Waals surface area contributed by atoms with E-state index in [1.807, 2.05) is 6.07 Å². The second-order valence-electron chi connectivity index (χ2n) is 4.68. The highest BCUT2D eigenvalue weighted by molar-refractivity contribution is 6.33. The highest BCUT2D eigenvalue weighted by atomic mass is 35.5. The first-order valence-electron chi connectivity index (χ1n) is 6.55. The van der Waals surface area contributed by atoms with E-state index in [4.69, 9.17) is 21.1 Å². The van der Waals surface area contributed by atoms with Gasteiger partial charge in [0, 0.05) is 10.6 Å².